The van der Waals surface area contributed by atoms with Gasteiger partial charge in [-0.25, -0.2) is 22.7 Å². The maximum Gasteiger partial charge on any atom is 0.417 e. The van der Waals surface area contributed by atoms with Crippen LogP contribution in [-0.2, 0) is 16.2 Å². The molecule has 0 bridgehead atoms. The molecule has 194 valence electrons. The number of rotatable bonds is 7. The molecule has 0 aromatic carbocycles. The summed E-state index contributed by atoms with van der Waals surface area (Å²) in [5.74, 6) is 0.310. The highest BCUT2D eigenvalue weighted by atomic mass is 32.2. The van der Waals surface area contributed by atoms with Crippen molar-refractivity contribution in [2.24, 2.45) is 10.9 Å². The summed E-state index contributed by atoms with van der Waals surface area (Å²) in [6.07, 6.45) is 0.806. The number of nitrogens with zero attached hydrogens (tertiary/aromatic N) is 4. The molecule has 3 N–H and O–H groups in total. The first-order valence-electron chi connectivity index (χ1n) is 11.8. The summed E-state index contributed by atoms with van der Waals surface area (Å²) in [5, 5.41) is 16.3. The van der Waals surface area contributed by atoms with E-state index < -0.39 is 28.1 Å². The highest BCUT2D eigenvalue weighted by Gasteiger charge is 2.33. The van der Waals surface area contributed by atoms with Crippen LogP contribution in [0, 0.1) is 17.2 Å². The molecule has 9 nitrogen and oxygen atoms in total. The molecular formula is C23H28F3N7O2S. The lowest BCUT2D eigenvalue weighted by molar-refractivity contribution is -0.137. The van der Waals surface area contributed by atoms with Crippen molar-refractivity contribution >= 4 is 26.8 Å². The lowest BCUT2D eigenvalue weighted by atomic mass is 9.88. The number of hydrogen-bond donors (Lipinski definition) is 3. The van der Waals surface area contributed by atoms with E-state index in [0.717, 1.165) is 18.7 Å². The van der Waals surface area contributed by atoms with Crippen LogP contribution in [0.1, 0.15) is 44.2 Å². The monoisotopic (exact) mass is 523 g/mol. The summed E-state index contributed by atoms with van der Waals surface area (Å²) in [5.41, 5.74) is 0.194. The molecule has 4 heterocycles. The minimum absolute atomic E-state index is 0.0254. The Morgan fingerprint density at radius 2 is 2.03 bits per heavy atom. The Kier molecular flexibility index (Phi) is 7.40. The Balaban J connectivity index is 1.56. The third-order valence-electron chi connectivity index (χ3n) is 6.77. The van der Waals surface area contributed by atoms with Gasteiger partial charge < -0.3 is 10.3 Å². The van der Waals surface area contributed by atoms with Gasteiger partial charge in [0.1, 0.15) is 11.7 Å². The second kappa shape index (κ2) is 10.2. The Bertz CT molecular complexity index is 1320. The highest BCUT2D eigenvalue weighted by Crippen LogP contribution is 2.32. The Morgan fingerprint density at radius 1 is 1.31 bits per heavy atom. The SMILES string of the molecule is CCC(NC1N=C(c2c[nH]c3ncc(C(F)(F)F)cc23)C(C#N)=CN1)C1CCN(S(=O)(=O)CC)CC1. The number of fused-ring (bicyclic) bond motifs is 1. The molecule has 0 radical (unpaired) electrons. The fourth-order valence-corrected chi connectivity index (χ4v) is 5.87. The largest absolute Gasteiger partial charge is 0.417 e. The van der Waals surface area contributed by atoms with Crippen LogP contribution < -0.4 is 10.6 Å². The molecule has 4 rings (SSSR count). The zero-order valence-electron chi connectivity index (χ0n) is 19.9. The molecule has 2 aromatic heterocycles. The first-order chi connectivity index (χ1) is 17.1. The molecule has 1 saturated heterocycles. The van der Waals surface area contributed by atoms with Crippen molar-refractivity contribution in [3.63, 3.8) is 0 Å². The Morgan fingerprint density at radius 3 is 2.64 bits per heavy atom. The molecule has 2 unspecified atom stereocenters. The van der Waals surface area contributed by atoms with Gasteiger partial charge in [0.15, 0.2) is 6.29 Å². The van der Waals surface area contributed by atoms with E-state index in [0.29, 0.717) is 31.5 Å². The van der Waals surface area contributed by atoms with Crippen molar-refractivity contribution in [1.82, 2.24) is 24.9 Å². The van der Waals surface area contributed by atoms with Gasteiger partial charge in [0.25, 0.3) is 0 Å². The molecule has 0 spiro atoms. The van der Waals surface area contributed by atoms with Gasteiger partial charge >= 0.3 is 6.18 Å². The van der Waals surface area contributed by atoms with Crippen LogP contribution in [0.15, 0.2) is 35.2 Å². The minimum Gasteiger partial charge on any atom is -0.356 e. The number of allylic oxidation sites excluding steroid dienone is 1. The molecule has 0 amide bonds. The zero-order valence-corrected chi connectivity index (χ0v) is 20.7. The van der Waals surface area contributed by atoms with Gasteiger partial charge in [-0.2, -0.15) is 18.4 Å². The van der Waals surface area contributed by atoms with E-state index in [4.69, 9.17) is 0 Å². The Hall–Kier alpha value is -2.95. The fraction of sp³-hybridized carbons (Fsp3) is 0.522. The van der Waals surface area contributed by atoms with Crippen molar-refractivity contribution in [1.29, 1.82) is 5.26 Å². The van der Waals surface area contributed by atoms with E-state index in [2.05, 4.69) is 25.6 Å². The van der Waals surface area contributed by atoms with Gasteiger partial charge in [0.05, 0.1) is 22.6 Å². The van der Waals surface area contributed by atoms with E-state index in [1.807, 2.05) is 13.0 Å². The number of piperidine rings is 1. The molecule has 2 aliphatic rings. The van der Waals surface area contributed by atoms with Gasteiger partial charge in [-0.1, -0.05) is 6.92 Å². The fourth-order valence-electron chi connectivity index (χ4n) is 4.74. The van der Waals surface area contributed by atoms with Crippen molar-refractivity contribution in [2.75, 3.05) is 18.8 Å². The van der Waals surface area contributed by atoms with Gasteiger partial charge in [-0.05, 0) is 38.2 Å². The number of nitrogens with one attached hydrogen (secondary N) is 3. The number of aromatic nitrogens is 2. The number of alkyl halides is 3. The van der Waals surface area contributed by atoms with Crippen molar-refractivity contribution < 1.29 is 21.6 Å². The van der Waals surface area contributed by atoms with E-state index in [1.165, 1.54) is 16.7 Å². The number of hydrogen-bond acceptors (Lipinski definition) is 7. The quantitative estimate of drug-likeness (QED) is 0.512. The van der Waals surface area contributed by atoms with E-state index >= 15 is 0 Å². The van der Waals surface area contributed by atoms with Gasteiger partial charge in [0, 0.05) is 48.7 Å². The van der Waals surface area contributed by atoms with Crippen molar-refractivity contribution in [3.8, 4) is 6.07 Å². The first kappa shape index (κ1) is 26.1. The van der Waals surface area contributed by atoms with Crippen LogP contribution >= 0.6 is 0 Å². The van der Waals surface area contributed by atoms with Crippen LogP contribution in [0.2, 0.25) is 0 Å². The molecule has 2 aromatic rings. The van der Waals surface area contributed by atoms with E-state index in [-0.39, 0.29) is 40.0 Å². The van der Waals surface area contributed by atoms with E-state index in [9.17, 15) is 26.9 Å². The van der Waals surface area contributed by atoms with E-state index in [1.54, 1.807) is 6.92 Å². The predicted octanol–water partition coefficient (Wildman–Crippen LogP) is 3.09. The van der Waals surface area contributed by atoms with Crippen LogP contribution in [0.4, 0.5) is 13.2 Å². The number of sulfonamides is 1. The van der Waals surface area contributed by atoms with Gasteiger partial charge in [0.2, 0.25) is 10.0 Å². The Labute approximate surface area is 207 Å². The maximum absolute atomic E-state index is 13.3. The average molecular weight is 524 g/mol. The first-order valence-corrected chi connectivity index (χ1v) is 13.4. The second-order valence-corrected chi connectivity index (χ2v) is 11.1. The molecule has 0 aliphatic carbocycles. The summed E-state index contributed by atoms with van der Waals surface area (Å²) in [4.78, 5) is 11.4. The molecule has 2 aliphatic heterocycles. The number of aromatic amines is 1. The summed E-state index contributed by atoms with van der Waals surface area (Å²) in [6.45, 7) is 4.60. The van der Waals surface area contributed by atoms with Crippen LogP contribution in [-0.4, -0.2) is 59.6 Å². The van der Waals surface area contributed by atoms with Crippen molar-refractivity contribution in [2.45, 2.75) is 51.6 Å². The van der Waals surface area contributed by atoms with Crippen molar-refractivity contribution in [3.05, 3.63) is 41.4 Å². The predicted molar refractivity (Wildman–Crippen MR) is 129 cm³/mol. The maximum atomic E-state index is 13.3. The van der Waals surface area contributed by atoms with Crippen LogP contribution in [0.25, 0.3) is 11.0 Å². The molecule has 13 heteroatoms. The third-order valence-corrected chi connectivity index (χ3v) is 8.65. The van der Waals surface area contributed by atoms with Crippen LogP contribution in [0.3, 0.4) is 0 Å². The third kappa shape index (κ3) is 5.25. The molecule has 1 fully saturated rings. The zero-order chi connectivity index (χ0) is 26.1. The number of H-pyrrole nitrogens is 1. The lowest BCUT2D eigenvalue weighted by Gasteiger charge is -2.37. The second-order valence-electron chi connectivity index (χ2n) is 8.86. The minimum atomic E-state index is -4.55. The summed E-state index contributed by atoms with van der Waals surface area (Å²) in [7, 11) is -3.21. The smallest absolute Gasteiger partial charge is 0.356 e. The summed E-state index contributed by atoms with van der Waals surface area (Å²) in [6, 6.07) is 3.08. The summed E-state index contributed by atoms with van der Waals surface area (Å²) < 4.78 is 65.7. The average Bonchev–Trinajstić information content (AvgIpc) is 3.30. The lowest BCUT2D eigenvalue weighted by Crippen LogP contribution is -2.51. The molecule has 36 heavy (non-hydrogen) atoms. The molecule has 0 saturated carbocycles. The number of nitriles is 1. The summed E-state index contributed by atoms with van der Waals surface area (Å²) >= 11 is 0. The van der Waals surface area contributed by atoms with Gasteiger partial charge in [-0.15, -0.1) is 0 Å². The number of halogens is 3. The molecule has 2 atom stereocenters. The standard InChI is InChI=1S/C23H28F3N7O2S/c1-3-19(14-5-7-33(8-6-14)36(34,35)4-2)31-22-30-11-15(10-27)20(32-22)18-13-29-21-17(18)9-16(12-28-21)23(24,25)26/h9,11-14,19,22,30-31H,3-8H2,1-2H3,(H,28,29). The van der Waals surface area contributed by atoms with Gasteiger partial charge in [-0.3, -0.25) is 5.32 Å². The normalized spacial score (nSPS) is 20.9. The number of pyridine rings is 1. The highest BCUT2D eigenvalue weighted by molar-refractivity contribution is 7.89. The van der Waals surface area contributed by atoms with Crippen LogP contribution in [0.5, 0.6) is 0 Å². The topological polar surface area (TPSA) is 126 Å². The molecular weight excluding hydrogens is 495 g/mol. The number of aliphatic imine (C=N–C) groups is 1.